The number of H-pyrrole nitrogens is 1. The number of hydrogen-bond donors (Lipinski definition) is 5. The minimum atomic E-state index is -1.53. The molecule has 0 aliphatic rings. The molecule has 0 saturated carbocycles. The van der Waals surface area contributed by atoms with Gasteiger partial charge < -0.3 is 25.8 Å². The predicted octanol–water partition coefficient (Wildman–Crippen LogP) is 2.83. The van der Waals surface area contributed by atoms with Crippen LogP contribution in [-0.2, 0) is 4.79 Å². The lowest BCUT2D eigenvalue weighted by molar-refractivity contribution is -0.118. The molecule has 9 nitrogen and oxygen atoms in total. The first kappa shape index (κ1) is 22.2. The Hall–Kier alpha value is -3.50. The number of hydrogen-bond acceptors (Lipinski definition) is 7. The minimum Gasteiger partial charge on any atom is -0.501 e. The summed E-state index contributed by atoms with van der Waals surface area (Å²) in [5.41, 5.74) is -0.576. The van der Waals surface area contributed by atoms with Crippen LogP contribution in [0.5, 0.6) is 5.75 Å². The monoisotopic (exact) mass is 442 g/mol. The number of rotatable bonds is 8. The number of amides is 1. The quantitative estimate of drug-likeness (QED) is 0.361. The second-order valence-electron chi connectivity index (χ2n) is 7.22. The summed E-state index contributed by atoms with van der Waals surface area (Å²) in [7, 11) is 0. The molecule has 0 saturated heterocycles. The van der Waals surface area contributed by atoms with Gasteiger partial charge in [0.2, 0.25) is 11.7 Å². The Morgan fingerprint density at radius 1 is 1.19 bits per heavy atom. The molecule has 0 fully saturated rings. The lowest BCUT2D eigenvalue weighted by atomic mass is 10.1. The Kier molecular flexibility index (Phi) is 6.83. The smallest absolute Gasteiger partial charge is 0.358 e. The number of benzene rings is 1. The van der Waals surface area contributed by atoms with Gasteiger partial charge in [0.25, 0.3) is 5.56 Å². The van der Waals surface area contributed by atoms with Crippen LogP contribution in [0.3, 0.4) is 0 Å². The summed E-state index contributed by atoms with van der Waals surface area (Å²) < 4.78 is 0. The Morgan fingerprint density at radius 3 is 2.55 bits per heavy atom. The van der Waals surface area contributed by atoms with Gasteiger partial charge in [0.05, 0.1) is 10.6 Å². The number of aromatic nitrogens is 2. The van der Waals surface area contributed by atoms with E-state index in [9.17, 15) is 24.6 Å². The van der Waals surface area contributed by atoms with Crippen molar-refractivity contribution in [2.75, 3.05) is 11.9 Å². The van der Waals surface area contributed by atoms with Crippen LogP contribution in [0.4, 0.5) is 5.69 Å². The van der Waals surface area contributed by atoms with Crippen molar-refractivity contribution in [2.45, 2.75) is 19.9 Å². The topological polar surface area (TPSA) is 144 Å². The number of aromatic carboxylic acids is 1. The highest BCUT2D eigenvalue weighted by Crippen LogP contribution is 2.32. The van der Waals surface area contributed by atoms with E-state index >= 15 is 0 Å². The summed E-state index contributed by atoms with van der Waals surface area (Å²) >= 11 is 1.16. The number of carbonyl (C=O) groups excluding carboxylic acids is 1. The number of nitrogens with one attached hydrogen (secondary N) is 3. The maximum absolute atomic E-state index is 13.1. The molecule has 162 valence electrons. The number of carboxylic acids is 1. The summed E-state index contributed by atoms with van der Waals surface area (Å²) in [4.78, 5) is 42.9. The Labute approximate surface area is 181 Å². The second kappa shape index (κ2) is 9.54. The van der Waals surface area contributed by atoms with Gasteiger partial charge in [0.15, 0.2) is 11.5 Å². The van der Waals surface area contributed by atoms with Crippen molar-refractivity contribution in [1.29, 1.82) is 0 Å². The van der Waals surface area contributed by atoms with Gasteiger partial charge in [-0.05, 0) is 29.5 Å². The number of nitrogens with zero attached hydrogens (tertiary/aromatic N) is 1. The highest BCUT2D eigenvalue weighted by atomic mass is 32.1. The van der Waals surface area contributed by atoms with Crippen LogP contribution in [0.2, 0.25) is 0 Å². The van der Waals surface area contributed by atoms with E-state index in [1.54, 1.807) is 11.4 Å². The Bertz CT molecular complexity index is 1140. The van der Waals surface area contributed by atoms with Crippen molar-refractivity contribution in [3.05, 3.63) is 63.4 Å². The molecule has 0 radical (unpaired) electrons. The van der Waals surface area contributed by atoms with Gasteiger partial charge >= 0.3 is 5.97 Å². The Morgan fingerprint density at radius 2 is 1.90 bits per heavy atom. The maximum Gasteiger partial charge on any atom is 0.358 e. The van der Waals surface area contributed by atoms with Gasteiger partial charge in [0.1, 0.15) is 6.04 Å². The van der Waals surface area contributed by atoms with E-state index in [0.29, 0.717) is 23.0 Å². The van der Waals surface area contributed by atoms with Crippen molar-refractivity contribution in [3.63, 3.8) is 0 Å². The van der Waals surface area contributed by atoms with Gasteiger partial charge in [-0.3, -0.25) is 9.59 Å². The van der Waals surface area contributed by atoms with E-state index in [-0.39, 0.29) is 11.7 Å². The highest BCUT2D eigenvalue weighted by molar-refractivity contribution is 7.14. The highest BCUT2D eigenvalue weighted by Gasteiger charge is 2.24. The molecule has 1 unspecified atom stereocenters. The van der Waals surface area contributed by atoms with E-state index in [1.165, 1.54) is 0 Å². The van der Waals surface area contributed by atoms with Crippen LogP contribution in [0.25, 0.3) is 10.7 Å². The molecule has 2 aromatic heterocycles. The molecule has 10 heteroatoms. The van der Waals surface area contributed by atoms with Gasteiger partial charge in [-0.2, -0.15) is 0 Å². The van der Waals surface area contributed by atoms with Crippen LogP contribution in [0, 0.1) is 5.92 Å². The molecule has 1 atom stereocenters. The lowest BCUT2D eigenvalue weighted by Gasteiger charge is -2.20. The van der Waals surface area contributed by atoms with Crippen LogP contribution < -0.4 is 16.2 Å². The first-order valence-electron chi connectivity index (χ1n) is 9.51. The molecular formula is C21H22N4O5S. The van der Waals surface area contributed by atoms with Crippen LogP contribution in [-0.4, -0.2) is 38.6 Å². The molecular weight excluding hydrogens is 420 g/mol. The first-order valence-corrected chi connectivity index (χ1v) is 10.4. The summed E-state index contributed by atoms with van der Waals surface area (Å²) in [5.74, 6) is -2.55. The van der Waals surface area contributed by atoms with Crippen LogP contribution in [0.1, 0.15) is 35.9 Å². The molecule has 31 heavy (non-hydrogen) atoms. The number of thiophene rings is 1. The Balaban J connectivity index is 1.92. The fraction of sp³-hybridized carbons (Fsp3) is 0.238. The second-order valence-corrected chi connectivity index (χ2v) is 8.13. The molecule has 0 aliphatic carbocycles. The summed E-state index contributed by atoms with van der Waals surface area (Å²) in [6.07, 6.45) is 0. The average Bonchev–Trinajstić information content (AvgIpc) is 3.18. The third kappa shape index (κ3) is 5.16. The van der Waals surface area contributed by atoms with Crippen molar-refractivity contribution < 1.29 is 19.8 Å². The summed E-state index contributed by atoms with van der Waals surface area (Å²) in [5, 5.41) is 26.6. The summed E-state index contributed by atoms with van der Waals surface area (Å²) in [6.45, 7) is 4.70. The molecule has 5 N–H and O–H groups in total. The number of aromatic hydroxyl groups is 1. The number of carboxylic acid groups (broad SMARTS) is 1. The van der Waals surface area contributed by atoms with Crippen LogP contribution >= 0.6 is 11.3 Å². The number of anilines is 1. The van der Waals surface area contributed by atoms with E-state index in [2.05, 4.69) is 20.6 Å². The van der Waals surface area contributed by atoms with E-state index in [0.717, 1.165) is 16.9 Å². The zero-order chi connectivity index (χ0) is 22.5. The molecule has 3 rings (SSSR count). The summed E-state index contributed by atoms with van der Waals surface area (Å²) in [6, 6.07) is 10.3. The van der Waals surface area contributed by atoms with Gasteiger partial charge in [-0.25, -0.2) is 9.78 Å². The third-order valence-electron chi connectivity index (χ3n) is 4.36. The molecule has 2 heterocycles. The van der Waals surface area contributed by atoms with Crippen molar-refractivity contribution in [2.24, 2.45) is 5.92 Å². The fourth-order valence-electron chi connectivity index (χ4n) is 2.88. The van der Waals surface area contributed by atoms with Gasteiger partial charge in [-0.15, -0.1) is 11.3 Å². The zero-order valence-electron chi connectivity index (χ0n) is 16.9. The third-order valence-corrected chi connectivity index (χ3v) is 5.28. The first-order chi connectivity index (χ1) is 14.8. The molecule has 0 aliphatic heterocycles. The number of carbonyl (C=O) groups is 2. The normalized spacial score (nSPS) is 12.0. The van der Waals surface area contributed by atoms with E-state index in [4.69, 9.17) is 0 Å². The molecule has 0 bridgehead atoms. The minimum absolute atomic E-state index is 0.0584. The molecule has 1 amide bonds. The molecule has 1 aromatic carbocycles. The van der Waals surface area contributed by atoms with E-state index in [1.807, 2.05) is 44.2 Å². The average molecular weight is 442 g/mol. The van der Waals surface area contributed by atoms with Crippen molar-refractivity contribution in [3.8, 4) is 16.5 Å². The standard InChI is InChI=1S/C21H22N4O5S/c1-11(2)10-22-14(12-6-4-3-5-7-12)19(27)23-13-8-9-31-17(13)18-24-15(21(29)30)16(26)20(28)25-18/h3-9,11,14,22,26H,10H2,1-2H3,(H,23,27)(H,29,30)(H,24,25,28). The number of aromatic amines is 1. The van der Waals surface area contributed by atoms with Crippen LogP contribution in [0.15, 0.2) is 46.6 Å². The fourth-order valence-corrected chi connectivity index (χ4v) is 3.68. The molecule has 0 spiro atoms. The SMILES string of the molecule is CC(C)CNC(C(=O)Nc1ccsc1-c1nc(C(=O)O)c(O)c(=O)[nH]1)c1ccccc1. The predicted molar refractivity (Wildman–Crippen MR) is 117 cm³/mol. The van der Waals surface area contributed by atoms with Crippen molar-refractivity contribution in [1.82, 2.24) is 15.3 Å². The van der Waals surface area contributed by atoms with Gasteiger partial charge in [0, 0.05) is 0 Å². The van der Waals surface area contributed by atoms with Gasteiger partial charge in [-0.1, -0.05) is 44.2 Å². The maximum atomic E-state index is 13.1. The largest absolute Gasteiger partial charge is 0.501 e. The molecule has 3 aromatic rings. The zero-order valence-corrected chi connectivity index (χ0v) is 17.7. The van der Waals surface area contributed by atoms with Crippen molar-refractivity contribution >= 4 is 28.9 Å². The lowest BCUT2D eigenvalue weighted by Crippen LogP contribution is -2.35. The van der Waals surface area contributed by atoms with E-state index < -0.39 is 29.0 Å².